The molecule has 1 aliphatic rings. The molecule has 0 aliphatic heterocycles. The summed E-state index contributed by atoms with van der Waals surface area (Å²) in [5.74, 6) is 0.495. The van der Waals surface area contributed by atoms with Crippen molar-refractivity contribution in [2.24, 2.45) is 7.05 Å². The van der Waals surface area contributed by atoms with Crippen LogP contribution < -0.4 is 10.7 Å². The van der Waals surface area contributed by atoms with Crippen molar-refractivity contribution in [1.29, 1.82) is 0 Å². The second kappa shape index (κ2) is 7.84. The molecule has 0 radical (unpaired) electrons. The van der Waals surface area contributed by atoms with E-state index in [1.807, 2.05) is 67.7 Å². The molecule has 2 aromatic heterocycles. The summed E-state index contributed by atoms with van der Waals surface area (Å²) in [6.45, 7) is 0. The summed E-state index contributed by atoms with van der Waals surface area (Å²) in [4.78, 5) is 25.3. The van der Waals surface area contributed by atoms with Crippen LogP contribution in [0, 0.1) is 0 Å². The summed E-state index contributed by atoms with van der Waals surface area (Å²) in [5.41, 5.74) is 3.62. The van der Waals surface area contributed by atoms with E-state index in [2.05, 4.69) is 10.4 Å². The van der Waals surface area contributed by atoms with Gasteiger partial charge in [-0.15, -0.1) is 0 Å². The Morgan fingerprint density at radius 2 is 1.74 bits per heavy atom. The average Bonchev–Trinajstić information content (AvgIpc) is 3.23. The number of fused-ring (bicyclic) bond motifs is 3. The highest BCUT2D eigenvalue weighted by Crippen LogP contribution is 2.42. The Balaban J connectivity index is 1.57. The van der Waals surface area contributed by atoms with Crippen molar-refractivity contribution in [2.75, 3.05) is 0 Å². The lowest BCUT2D eigenvalue weighted by atomic mass is 9.71. The molecule has 0 spiro atoms. The first-order valence-electron chi connectivity index (χ1n) is 11.6. The fourth-order valence-electron chi connectivity index (χ4n) is 5.11. The predicted octanol–water partition coefficient (Wildman–Crippen LogP) is 5.66. The molecule has 1 amide bonds. The molecule has 7 heteroatoms. The fraction of sp³-hybridized carbons (Fsp3) is 0.179. The van der Waals surface area contributed by atoms with E-state index in [0.717, 1.165) is 46.9 Å². The Morgan fingerprint density at radius 1 is 1.00 bits per heavy atom. The minimum atomic E-state index is -1.03. The van der Waals surface area contributed by atoms with Gasteiger partial charge in [0.15, 0.2) is 0 Å². The largest absolute Gasteiger partial charge is 0.465 e. The van der Waals surface area contributed by atoms with E-state index in [1.54, 1.807) is 16.9 Å². The third kappa shape index (κ3) is 3.31. The summed E-state index contributed by atoms with van der Waals surface area (Å²) >= 11 is 0. The number of hydrogen-bond donors (Lipinski definition) is 2. The van der Waals surface area contributed by atoms with Crippen molar-refractivity contribution in [1.82, 2.24) is 15.1 Å². The van der Waals surface area contributed by atoms with Crippen LogP contribution in [0.15, 0.2) is 82.1 Å². The molecule has 6 rings (SSSR count). The molecule has 174 valence electrons. The number of nitrogens with zero attached hydrogens (tertiary/aromatic N) is 2. The van der Waals surface area contributed by atoms with Gasteiger partial charge in [0, 0.05) is 12.6 Å². The Morgan fingerprint density at radius 3 is 2.40 bits per heavy atom. The van der Waals surface area contributed by atoms with E-state index in [-0.39, 0.29) is 5.43 Å². The first-order chi connectivity index (χ1) is 17.0. The van der Waals surface area contributed by atoms with Gasteiger partial charge in [0.1, 0.15) is 11.3 Å². The minimum absolute atomic E-state index is 0.120. The van der Waals surface area contributed by atoms with Gasteiger partial charge in [-0.05, 0) is 42.5 Å². The lowest BCUT2D eigenvalue weighted by Crippen LogP contribution is -2.50. The number of carbonyl (C=O) groups is 1. The molecule has 2 N–H and O–H groups in total. The van der Waals surface area contributed by atoms with Gasteiger partial charge >= 0.3 is 6.09 Å². The number of rotatable bonds is 4. The van der Waals surface area contributed by atoms with Gasteiger partial charge in [0.05, 0.1) is 33.6 Å². The lowest BCUT2D eigenvalue weighted by molar-refractivity contribution is 0.144. The van der Waals surface area contributed by atoms with Gasteiger partial charge in [0.25, 0.3) is 0 Å². The molecule has 0 unspecified atom stereocenters. The average molecular weight is 466 g/mol. The molecule has 2 heterocycles. The van der Waals surface area contributed by atoms with Crippen LogP contribution in [0.25, 0.3) is 44.3 Å². The lowest BCUT2D eigenvalue weighted by Gasteiger charge is -2.42. The van der Waals surface area contributed by atoms with Gasteiger partial charge in [-0.3, -0.25) is 9.48 Å². The second-order valence-electron chi connectivity index (χ2n) is 9.09. The zero-order valence-electron chi connectivity index (χ0n) is 19.1. The molecule has 0 atom stereocenters. The molecule has 1 saturated carbocycles. The highest BCUT2D eigenvalue weighted by Gasteiger charge is 2.40. The Kier molecular flexibility index (Phi) is 4.74. The summed E-state index contributed by atoms with van der Waals surface area (Å²) in [6, 6.07) is 20.8. The van der Waals surface area contributed by atoms with Crippen molar-refractivity contribution in [3.63, 3.8) is 0 Å². The van der Waals surface area contributed by atoms with Crippen LogP contribution in [0.5, 0.6) is 0 Å². The van der Waals surface area contributed by atoms with Gasteiger partial charge in [-0.1, -0.05) is 54.6 Å². The standard InChI is InChI=1S/C28H23N3O4/c1-31-22-13-12-20-24(32)23(17-8-10-19(11-9-17)28(14-5-15-28)30-27(33)34)25(18-6-3-2-4-7-18)35-26(20)21(22)16-29-31/h2-4,6-13,16,30H,5,14-15H2,1H3,(H,33,34). The summed E-state index contributed by atoms with van der Waals surface area (Å²) in [6.07, 6.45) is 3.17. The van der Waals surface area contributed by atoms with E-state index < -0.39 is 11.6 Å². The van der Waals surface area contributed by atoms with Gasteiger partial charge in [-0.25, -0.2) is 4.79 Å². The highest BCUT2D eigenvalue weighted by atomic mass is 16.4. The zero-order chi connectivity index (χ0) is 24.2. The van der Waals surface area contributed by atoms with Gasteiger partial charge in [0.2, 0.25) is 5.43 Å². The minimum Gasteiger partial charge on any atom is -0.465 e. The number of aromatic nitrogens is 2. The maximum Gasteiger partial charge on any atom is 0.405 e. The van der Waals surface area contributed by atoms with Crippen molar-refractivity contribution >= 4 is 28.0 Å². The summed E-state index contributed by atoms with van der Waals surface area (Å²) in [5, 5.41) is 17.6. The van der Waals surface area contributed by atoms with E-state index >= 15 is 0 Å². The number of amides is 1. The number of hydrogen-bond acceptors (Lipinski definition) is 4. The van der Waals surface area contributed by atoms with Crippen LogP contribution in [-0.2, 0) is 12.6 Å². The number of aryl methyl sites for hydroxylation is 1. The monoisotopic (exact) mass is 465 g/mol. The zero-order valence-corrected chi connectivity index (χ0v) is 19.1. The third-order valence-electron chi connectivity index (χ3n) is 7.10. The SMILES string of the molecule is Cn1ncc2c3oc(-c4ccccc4)c(-c4ccc(C5(NC(=O)O)CCC5)cc4)c(=O)c3ccc21. The van der Waals surface area contributed by atoms with E-state index in [4.69, 9.17) is 4.42 Å². The Hall–Kier alpha value is -4.39. The molecule has 1 fully saturated rings. The van der Waals surface area contributed by atoms with Crippen molar-refractivity contribution < 1.29 is 14.3 Å². The molecule has 0 bridgehead atoms. The van der Waals surface area contributed by atoms with Crippen molar-refractivity contribution in [3.05, 3.63) is 88.7 Å². The first kappa shape index (κ1) is 21.2. The molecule has 3 aromatic carbocycles. The predicted molar refractivity (Wildman–Crippen MR) is 134 cm³/mol. The van der Waals surface area contributed by atoms with Crippen LogP contribution in [0.1, 0.15) is 24.8 Å². The Labute approximate surface area is 200 Å². The fourth-order valence-corrected chi connectivity index (χ4v) is 5.11. The van der Waals surface area contributed by atoms with E-state index in [1.165, 1.54) is 0 Å². The van der Waals surface area contributed by atoms with E-state index in [0.29, 0.717) is 22.3 Å². The van der Waals surface area contributed by atoms with Crippen LogP contribution in [0.2, 0.25) is 0 Å². The van der Waals surface area contributed by atoms with Crippen LogP contribution >= 0.6 is 0 Å². The highest BCUT2D eigenvalue weighted by molar-refractivity contribution is 6.04. The number of benzene rings is 3. The normalized spacial score (nSPS) is 14.7. The maximum atomic E-state index is 13.9. The number of carboxylic acid groups (broad SMARTS) is 1. The van der Waals surface area contributed by atoms with E-state index in [9.17, 15) is 14.7 Å². The molecule has 0 saturated heterocycles. The topological polar surface area (TPSA) is 97.4 Å². The summed E-state index contributed by atoms with van der Waals surface area (Å²) in [7, 11) is 1.86. The van der Waals surface area contributed by atoms with Crippen LogP contribution in [0.3, 0.4) is 0 Å². The first-order valence-corrected chi connectivity index (χ1v) is 11.6. The molecule has 7 nitrogen and oxygen atoms in total. The summed E-state index contributed by atoms with van der Waals surface area (Å²) < 4.78 is 8.23. The van der Waals surface area contributed by atoms with Gasteiger partial charge in [-0.2, -0.15) is 5.10 Å². The quantitative estimate of drug-likeness (QED) is 0.357. The maximum absolute atomic E-state index is 13.9. The number of nitrogens with one attached hydrogen (secondary N) is 1. The second-order valence-corrected chi connectivity index (χ2v) is 9.09. The Bertz CT molecular complexity index is 1650. The van der Waals surface area contributed by atoms with Crippen LogP contribution in [-0.4, -0.2) is 21.0 Å². The molecule has 1 aliphatic carbocycles. The van der Waals surface area contributed by atoms with Crippen molar-refractivity contribution in [3.8, 4) is 22.5 Å². The molecular weight excluding hydrogens is 442 g/mol. The molecule has 35 heavy (non-hydrogen) atoms. The van der Waals surface area contributed by atoms with Crippen LogP contribution in [0.4, 0.5) is 4.79 Å². The smallest absolute Gasteiger partial charge is 0.405 e. The molecule has 5 aromatic rings. The van der Waals surface area contributed by atoms with Crippen molar-refractivity contribution in [2.45, 2.75) is 24.8 Å². The van der Waals surface area contributed by atoms with Gasteiger partial charge < -0.3 is 14.8 Å². The third-order valence-corrected chi connectivity index (χ3v) is 7.10. The molecular formula is C28H23N3O4.